The van der Waals surface area contributed by atoms with Crippen molar-refractivity contribution in [3.8, 4) is 22.1 Å². The molecule has 0 saturated carbocycles. The summed E-state index contributed by atoms with van der Waals surface area (Å²) in [5.74, 6) is 0.920. The molecular weight excluding hydrogens is 384 g/mol. The Bertz CT molecular complexity index is 949. The minimum atomic E-state index is -0.209. The van der Waals surface area contributed by atoms with Gasteiger partial charge in [0.1, 0.15) is 16.5 Å². The monoisotopic (exact) mass is 402 g/mol. The highest BCUT2D eigenvalue weighted by atomic mass is 35.5. The first-order valence-corrected chi connectivity index (χ1v) is 9.43. The largest absolute Gasteiger partial charge is 0.497 e. The van der Waals surface area contributed by atoms with E-state index in [1.165, 1.54) is 11.3 Å². The van der Waals surface area contributed by atoms with Crippen LogP contribution in [0.4, 0.5) is 0 Å². The second-order valence-electron chi connectivity index (χ2n) is 5.79. The van der Waals surface area contributed by atoms with Gasteiger partial charge in [0.25, 0.3) is 5.91 Å². The van der Waals surface area contributed by atoms with E-state index in [0.29, 0.717) is 28.6 Å². The van der Waals surface area contributed by atoms with Crippen molar-refractivity contribution < 1.29 is 14.3 Å². The Morgan fingerprint density at radius 1 is 1.15 bits per heavy atom. The highest BCUT2D eigenvalue weighted by Gasteiger charge is 2.14. The third-order valence-corrected chi connectivity index (χ3v) is 5.54. The smallest absolute Gasteiger partial charge is 0.251 e. The molecule has 2 aromatic carbocycles. The lowest BCUT2D eigenvalue weighted by Gasteiger charge is -2.09. The number of halogens is 1. The number of nitrogens with one attached hydrogen (secondary N) is 1. The molecule has 1 aromatic heterocycles. The summed E-state index contributed by atoms with van der Waals surface area (Å²) < 4.78 is 10.4. The zero-order valence-electron chi connectivity index (χ0n) is 15.2. The van der Waals surface area contributed by atoms with Crippen molar-refractivity contribution in [2.45, 2.75) is 13.5 Å². The molecule has 140 valence electrons. The van der Waals surface area contributed by atoms with E-state index < -0.39 is 0 Å². The minimum absolute atomic E-state index is 0.209. The zero-order chi connectivity index (χ0) is 19.4. The van der Waals surface area contributed by atoms with Gasteiger partial charge in [0, 0.05) is 22.1 Å². The van der Waals surface area contributed by atoms with Crippen LogP contribution in [0.25, 0.3) is 10.6 Å². The number of benzene rings is 2. The van der Waals surface area contributed by atoms with Crippen LogP contribution in [0, 0.1) is 6.92 Å². The van der Waals surface area contributed by atoms with Gasteiger partial charge in [-0.2, -0.15) is 0 Å². The van der Waals surface area contributed by atoms with Gasteiger partial charge in [-0.25, -0.2) is 4.98 Å². The molecule has 27 heavy (non-hydrogen) atoms. The third-order valence-electron chi connectivity index (χ3n) is 4.02. The number of carbonyl (C=O) groups is 1. The lowest BCUT2D eigenvalue weighted by atomic mass is 10.2. The fourth-order valence-electron chi connectivity index (χ4n) is 2.54. The summed E-state index contributed by atoms with van der Waals surface area (Å²) in [5, 5.41) is 4.42. The second kappa shape index (κ2) is 8.41. The maximum atomic E-state index is 12.5. The Kier molecular flexibility index (Phi) is 5.98. The predicted octanol–water partition coefficient (Wildman–Crippen LogP) is 4.72. The van der Waals surface area contributed by atoms with Gasteiger partial charge in [0.15, 0.2) is 0 Å². The molecule has 3 rings (SSSR count). The van der Waals surface area contributed by atoms with Gasteiger partial charge in [-0.05, 0) is 25.1 Å². The summed E-state index contributed by atoms with van der Waals surface area (Å²) in [7, 11) is 3.10. The van der Waals surface area contributed by atoms with E-state index in [-0.39, 0.29) is 5.91 Å². The fourth-order valence-corrected chi connectivity index (χ4v) is 3.87. The Labute approximate surface area is 166 Å². The van der Waals surface area contributed by atoms with Crippen LogP contribution in [0.1, 0.15) is 20.9 Å². The zero-order valence-corrected chi connectivity index (χ0v) is 16.8. The van der Waals surface area contributed by atoms with E-state index in [4.69, 9.17) is 21.1 Å². The summed E-state index contributed by atoms with van der Waals surface area (Å²) in [6.07, 6.45) is 0. The van der Waals surface area contributed by atoms with Gasteiger partial charge in [-0.3, -0.25) is 4.79 Å². The quantitative estimate of drug-likeness (QED) is 0.648. The molecule has 0 spiro atoms. The van der Waals surface area contributed by atoms with Gasteiger partial charge in [-0.1, -0.05) is 29.8 Å². The molecule has 0 aliphatic heterocycles. The number of aromatic nitrogens is 1. The average molecular weight is 403 g/mol. The van der Waals surface area contributed by atoms with E-state index in [1.807, 2.05) is 31.2 Å². The number of methoxy groups -OCH3 is 2. The summed E-state index contributed by atoms with van der Waals surface area (Å²) in [4.78, 5) is 18.1. The Morgan fingerprint density at radius 2 is 1.81 bits per heavy atom. The molecule has 0 bridgehead atoms. The Morgan fingerprint density at radius 3 is 2.44 bits per heavy atom. The van der Waals surface area contributed by atoms with Gasteiger partial charge in [-0.15, -0.1) is 11.3 Å². The van der Waals surface area contributed by atoms with Crippen LogP contribution in [0.5, 0.6) is 11.5 Å². The number of ether oxygens (including phenoxy) is 2. The van der Waals surface area contributed by atoms with Crippen molar-refractivity contribution >= 4 is 28.8 Å². The van der Waals surface area contributed by atoms with Gasteiger partial charge < -0.3 is 14.8 Å². The predicted molar refractivity (Wildman–Crippen MR) is 108 cm³/mol. The van der Waals surface area contributed by atoms with Crippen molar-refractivity contribution in [2.24, 2.45) is 0 Å². The van der Waals surface area contributed by atoms with Crippen LogP contribution in [0.2, 0.25) is 5.02 Å². The number of thiazole rings is 1. The summed E-state index contributed by atoms with van der Waals surface area (Å²) >= 11 is 7.78. The van der Waals surface area contributed by atoms with E-state index in [9.17, 15) is 4.79 Å². The molecule has 0 radical (unpaired) electrons. The highest BCUT2D eigenvalue weighted by molar-refractivity contribution is 7.15. The molecule has 0 unspecified atom stereocenters. The van der Waals surface area contributed by atoms with Gasteiger partial charge >= 0.3 is 0 Å². The normalized spacial score (nSPS) is 10.5. The van der Waals surface area contributed by atoms with E-state index >= 15 is 0 Å². The van der Waals surface area contributed by atoms with Gasteiger partial charge in [0.05, 0.1) is 31.5 Å². The molecule has 0 saturated heterocycles. The number of aryl methyl sites for hydroxylation is 1. The molecule has 0 aliphatic rings. The molecule has 1 N–H and O–H groups in total. The molecule has 7 heteroatoms. The summed E-state index contributed by atoms with van der Waals surface area (Å²) in [6.45, 7) is 2.30. The number of carbonyl (C=O) groups excluding carboxylic acids is 1. The van der Waals surface area contributed by atoms with Crippen LogP contribution in [0.15, 0.2) is 42.5 Å². The average Bonchev–Trinajstić information content (AvgIpc) is 3.06. The molecule has 1 amide bonds. The maximum absolute atomic E-state index is 12.5. The molecule has 0 atom stereocenters. The van der Waals surface area contributed by atoms with E-state index in [0.717, 1.165) is 21.1 Å². The SMILES string of the molecule is COc1cc(OC)cc(C(=O)NCc2sc(-c3ccccc3Cl)nc2C)c1. The van der Waals surface area contributed by atoms with Crippen LogP contribution in [-0.2, 0) is 6.54 Å². The lowest BCUT2D eigenvalue weighted by molar-refractivity contribution is 0.0950. The number of hydrogen-bond acceptors (Lipinski definition) is 5. The first kappa shape index (κ1) is 19.2. The molecular formula is C20H19ClN2O3S. The number of rotatable bonds is 6. The second-order valence-corrected chi connectivity index (χ2v) is 7.28. The lowest BCUT2D eigenvalue weighted by Crippen LogP contribution is -2.22. The molecule has 3 aromatic rings. The minimum Gasteiger partial charge on any atom is -0.497 e. The van der Waals surface area contributed by atoms with Crippen LogP contribution in [-0.4, -0.2) is 25.1 Å². The maximum Gasteiger partial charge on any atom is 0.251 e. The molecule has 0 aliphatic carbocycles. The number of hydrogen-bond donors (Lipinski definition) is 1. The van der Waals surface area contributed by atoms with Crippen LogP contribution < -0.4 is 14.8 Å². The van der Waals surface area contributed by atoms with Crippen molar-refractivity contribution in [1.82, 2.24) is 10.3 Å². The summed E-state index contributed by atoms with van der Waals surface area (Å²) in [6, 6.07) is 12.7. The topological polar surface area (TPSA) is 60.5 Å². The van der Waals surface area contributed by atoms with Crippen molar-refractivity contribution in [3.05, 3.63) is 63.6 Å². The summed E-state index contributed by atoms with van der Waals surface area (Å²) in [5.41, 5.74) is 2.24. The van der Waals surface area contributed by atoms with E-state index in [1.54, 1.807) is 32.4 Å². The standard InChI is InChI=1S/C20H19ClN2O3S/c1-12-18(27-20(23-12)16-6-4-5-7-17(16)21)11-22-19(24)13-8-14(25-2)10-15(9-13)26-3/h4-10H,11H2,1-3H3,(H,22,24). The molecule has 0 fully saturated rings. The number of amides is 1. The fraction of sp³-hybridized carbons (Fsp3) is 0.200. The van der Waals surface area contributed by atoms with Crippen LogP contribution >= 0.6 is 22.9 Å². The molecule has 1 heterocycles. The Balaban J connectivity index is 1.76. The van der Waals surface area contributed by atoms with Crippen molar-refractivity contribution in [3.63, 3.8) is 0 Å². The van der Waals surface area contributed by atoms with E-state index in [2.05, 4.69) is 10.3 Å². The van der Waals surface area contributed by atoms with Crippen molar-refractivity contribution in [2.75, 3.05) is 14.2 Å². The third kappa shape index (κ3) is 4.40. The number of nitrogens with zero attached hydrogens (tertiary/aromatic N) is 1. The molecule has 5 nitrogen and oxygen atoms in total. The van der Waals surface area contributed by atoms with Gasteiger partial charge in [0.2, 0.25) is 0 Å². The first-order valence-electron chi connectivity index (χ1n) is 8.24. The highest BCUT2D eigenvalue weighted by Crippen LogP contribution is 2.32. The first-order chi connectivity index (χ1) is 13.0. The van der Waals surface area contributed by atoms with Crippen LogP contribution in [0.3, 0.4) is 0 Å². The van der Waals surface area contributed by atoms with Crippen molar-refractivity contribution in [1.29, 1.82) is 0 Å². The Hall–Kier alpha value is -2.57.